The van der Waals surface area contributed by atoms with Crippen molar-refractivity contribution in [2.24, 2.45) is 17.8 Å². The van der Waals surface area contributed by atoms with E-state index < -0.39 is 0 Å². The van der Waals surface area contributed by atoms with Crippen molar-refractivity contribution in [3.63, 3.8) is 0 Å². The zero-order valence-electron chi connectivity index (χ0n) is 9.05. The van der Waals surface area contributed by atoms with Crippen molar-refractivity contribution < 1.29 is 4.79 Å². The van der Waals surface area contributed by atoms with E-state index in [1.807, 2.05) is 0 Å². The zero-order chi connectivity index (χ0) is 10.1. The van der Waals surface area contributed by atoms with Gasteiger partial charge in [0.2, 0.25) is 5.91 Å². The molecule has 2 rings (SSSR count). The molecular formula is C11H20N2O. The van der Waals surface area contributed by atoms with Gasteiger partial charge in [-0.05, 0) is 24.7 Å². The Balaban J connectivity index is 1.82. The van der Waals surface area contributed by atoms with Gasteiger partial charge in [0.1, 0.15) is 0 Å². The summed E-state index contributed by atoms with van der Waals surface area (Å²) in [5.41, 5.74) is 0. The monoisotopic (exact) mass is 196 g/mol. The third-order valence-corrected chi connectivity index (χ3v) is 3.95. The number of hydrogen-bond acceptors (Lipinski definition) is 2. The summed E-state index contributed by atoms with van der Waals surface area (Å²) in [5, 5.41) is 6.31. The number of carbonyl (C=O) groups is 1. The molecule has 0 aromatic rings. The van der Waals surface area contributed by atoms with Crippen molar-refractivity contribution in [2.45, 2.75) is 32.7 Å². The number of amides is 1. The van der Waals surface area contributed by atoms with Gasteiger partial charge >= 0.3 is 0 Å². The summed E-state index contributed by atoms with van der Waals surface area (Å²) >= 11 is 0. The third-order valence-electron chi connectivity index (χ3n) is 3.95. The summed E-state index contributed by atoms with van der Waals surface area (Å²) in [6.07, 6.45) is 2.42. The molecule has 2 aliphatic rings. The van der Waals surface area contributed by atoms with Crippen LogP contribution in [0.4, 0.5) is 0 Å². The van der Waals surface area contributed by atoms with Crippen LogP contribution in [0.25, 0.3) is 0 Å². The van der Waals surface area contributed by atoms with E-state index in [-0.39, 0.29) is 11.8 Å². The smallest absolute Gasteiger partial charge is 0.225 e. The average Bonchev–Trinajstić information content (AvgIpc) is 2.33. The standard InChI is InChI=1S/C11H20N2O/c1-7-3-4-10(8(7)2)13-11(14)9-5-12-6-9/h7-10,12H,3-6H2,1-2H3,(H,13,14). The lowest BCUT2D eigenvalue weighted by atomic mass is 9.96. The molecule has 0 radical (unpaired) electrons. The summed E-state index contributed by atoms with van der Waals surface area (Å²) in [6, 6.07) is 0.429. The van der Waals surface area contributed by atoms with Gasteiger partial charge in [0.05, 0.1) is 5.92 Å². The van der Waals surface area contributed by atoms with Crippen LogP contribution in [0.5, 0.6) is 0 Å². The van der Waals surface area contributed by atoms with Crippen molar-refractivity contribution in [3.05, 3.63) is 0 Å². The summed E-state index contributed by atoms with van der Waals surface area (Å²) in [5.74, 6) is 1.90. The SMILES string of the molecule is CC1CCC(NC(=O)C2CNC2)C1C. The molecule has 0 aromatic carbocycles. The Morgan fingerprint density at radius 1 is 1.29 bits per heavy atom. The quantitative estimate of drug-likeness (QED) is 0.684. The highest BCUT2D eigenvalue weighted by Crippen LogP contribution is 2.31. The largest absolute Gasteiger partial charge is 0.353 e. The van der Waals surface area contributed by atoms with Gasteiger partial charge in [-0.3, -0.25) is 4.79 Å². The van der Waals surface area contributed by atoms with Crippen molar-refractivity contribution in [2.75, 3.05) is 13.1 Å². The Morgan fingerprint density at radius 3 is 2.43 bits per heavy atom. The van der Waals surface area contributed by atoms with E-state index in [0.29, 0.717) is 12.0 Å². The molecule has 1 saturated heterocycles. The molecule has 1 aliphatic heterocycles. The second kappa shape index (κ2) is 3.89. The normalized spacial score (nSPS) is 38.0. The molecule has 1 aliphatic carbocycles. The van der Waals surface area contributed by atoms with Gasteiger partial charge < -0.3 is 10.6 Å². The number of nitrogens with one attached hydrogen (secondary N) is 2. The second-order valence-electron chi connectivity index (χ2n) is 4.88. The fourth-order valence-electron chi connectivity index (χ4n) is 2.34. The Kier molecular flexibility index (Phi) is 2.77. The van der Waals surface area contributed by atoms with Crippen LogP contribution < -0.4 is 10.6 Å². The molecule has 3 atom stereocenters. The Labute approximate surface area is 85.6 Å². The van der Waals surface area contributed by atoms with E-state index in [4.69, 9.17) is 0 Å². The lowest BCUT2D eigenvalue weighted by molar-refractivity contribution is -0.127. The van der Waals surface area contributed by atoms with Crippen LogP contribution in [0, 0.1) is 17.8 Å². The van der Waals surface area contributed by atoms with Crippen LogP contribution in [0.15, 0.2) is 0 Å². The number of hydrogen-bond donors (Lipinski definition) is 2. The second-order valence-corrected chi connectivity index (χ2v) is 4.88. The van der Waals surface area contributed by atoms with Gasteiger partial charge in [0, 0.05) is 19.1 Å². The molecule has 0 bridgehead atoms. The average molecular weight is 196 g/mol. The van der Waals surface area contributed by atoms with Gasteiger partial charge in [-0.15, -0.1) is 0 Å². The fourth-order valence-corrected chi connectivity index (χ4v) is 2.34. The molecule has 2 fully saturated rings. The minimum atomic E-state index is 0.234. The summed E-state index contributed by atoms with van der Waals surface area (Å²) < 4.78 is 0. The zero-order valence-corrected chi connectivity index (χ0v) is 9.05. The van der Waals surface area contributed by atoms with Crippen molar-refractivity contribution in [1.82, 2.24) is 10.6 Å². The first-order valence-electron chi connectivity index (χ1n) is 5.69. The predicted molar refractivity (Wildman–Crippen MR) is 55.9 cm³/mol. The van der Waals surface area contributed by atoms with Crippen LogP contribution in [0.3, 0.4) is 0 Å². The molecule has 14 heavy (non-hydrogen) atoms. The topological polar surface area (TPSA) is 41.1 Å². The molecule has 1 heterocycles. The van der Waals surface area contributed by atoms with Crippen LogP contribution >= 0.6 is 0 Å². The van der Waals surface area contributed by atoms with Gasteiger partial charge in [0.25, 0.3) is 0 Å². The highest BCUT2D eigenvalue weighted by atomic mass is 16.2. The van der Waals surface area contributed by atoms with Crippen molar-refractivity contribution in [3.8, 4) is 0 Å². The van der Waals surface area contributed by atoms with E-state index >= 15 is 0 Å². The molecule has 0 spiro atoms. The molecule has 3 heteroatoms. The lowest BCUT2D eigenvalue weighted by Gasteiger charge is -2.29. The Morgan fingerprint density at radius 2 is 2.00 bits per heavy atom. The van der Waals surface area contributed by atoms with Gasteiger partial charge in [-0.25, -0.2) is 0 Å². The predicted octanol–water partition coefficient (Wildman–Crippen LogP) is 0.757. The van der Waals surface area contributed by atoms with Crippen molar-refractivity contribution in [1.29, 1.82) is 0 Å². The maximum atomic E-state index is 11.7. The van der Waals surface area contributed by atoms with E-state index in [1.165, 1.54) is 6.42 Å². The maximum Gasteiger partial charge on any atom is 0.225 e. The van der Waals surface area contributed by atoms with E-state index in [2.05, 4.69) is 24.5 Å². The van der Waals surface area contributed by atoms with Crippen LogP contribution in [-0.2, 0) is 4.79 Å². The van der Waals surface area contributed by atoms with Crippen LogP contribution in [0.2, 0.25) is 0 Å². The third kappa shape index (κ3) is 1.78. The van der Waals surface area contributed by atoms with Gasteiger partial charge in [-0.2, -0.15) is 0 Å². The molecule has 2 N–H and O–H groups in total. The maximum absolute atomic E-state index is 11.7. The highest BCUT2D eigenvalue weighted by Gasteiger charge is 2.33. The molecule has 80 valence electrons. The minimum Gasteiger partial charge on any atom is -0.353 e. The van der Waals surface area contributed by atoms with Crippen LogP contribution in [0.1, 0.15) is 26.7 Å². The Bertz CT molecular complexity index is 225. The molecule has 1 saturated carbocycles. The van der Waals surface area contributed by atoms with E-state index in [1.54, 1.807) is 0 Å². The first-order valence-corrected chi connectivity index (χ1v) is 5.69. The van der Waals surface area contributed by atoms with Crippen molar-refractivity contribution >= 4 is 5.91 Å². The molecule has 0 aromatic heterocycles. The molecule has 3 nitrogen and oxygen atoms in total. The summed E-state index contributed by atoms with van der Waals surface area (Å²) in [4.78, 5) is 11.7. The fraction of sp³-hybridized carbons (Fsp3) is 0.909. The van der Waals surface area contributed by atoms with Gasteiger partial charge in [-0.1, -0.05) is 13.8 Å². The molecule has 1 amide bonds. The molecule has 3 unspecified atom stereocenters. The highest BCUT2D eigenvalue weighted by molar-refractivity contribution is 5.80. The summed E-state index contributed by atoms with van der Waals surface area (Å²) in [6.45, 7) is 6.26. The summed E-state index contributed by atoms with van der Waals surface area (Å²) in [7, 11) is 0. The minimum absolute atomic E-state index is 0.234. The van der Waals surface area contributed by atoms with E-state index in [9.17, 15) is 4.79 Å². The number of rotatable bonds is 2. The van der Waals surface area contributed by atoms with Crippen LogP contribution in [-0.4, -0.2) is 25.0 Å². The van der Waals surface area contributed by atoms with E-state index in [0.717, 1.165) is 25.4 Å². The molecular weight excluding hydrogens is 176 g/mol. The number of carbonyl (C=O) groups excluding carboxylic acids is 1. The van der Waals surface area contributed by atoms with Gasteiger partial charge in [0.15, 0.2) is 0 Å². The Hall–Kier alpha value is -0.570. The first-order chi connectivity index (χ1) is 6.68. The first kappa shape index (κ1) is 9.97. The lowest BCUT2D eigenvalue weighted by Crippen LogP contribution is -2.53.